The van der Waals surface area contributed by atoms with Gasteiger partial charge in [-0.1, -0.05) is 18.1 Å². The molecule has 0 radical (unpaired) electrons. The van der Waals surface area contributed by atoms with Crippen LogP contribution in [0, 0.1) is 12.3 Å². The van der Waals surface area contributed by atoms with Crippen molar-refractivity contribution in [1.82, 2.24) is 0 Å². The largest absolute Gasteiger partial charge is 0.490 e. The lowest BCUT2D eigenvalue weighted by atomic mass is 10.1. The minimum atomic E-state index is -0.185. The van der Waals surface area contributed by atoms with Gasteiger partial charge in [0.05, 0.1) is 12.5 Å². The summed E-state index contributed by atoms with van der Waals surface area (Å²) in [5, 5.41) is 0.498. The topological polar surface area (TPSA) is 39.4 Å². The van der Waals surface area contributed by atoms with Gasteiger partial charge >= 0.3 is 0 Å². The number of rotatable bonds is 2. The van der Waals surface area contributed by atoms with Crippen molar-refractivity contribution in [3.05, 3.63) is 64.3 Å². The van der Waals surface area contributed by atoms with E-state index in [4.69, 9.17) is 15.6 Å². The second kappa shape index (κ2) is 5.18. The Labute approximate surface area is 121 Å². The average molecular weight is 276 g/mol. The molecular formula is C18H12O3. The zero-order valence-electron chi connectivity index (χ0n) is 11.4. The van der Waals surface area contributed by atoms with E-state index in [-0.39, 0.29) is 11.2 Å². The van der Waals surface area contributed by atoms with Crippen LogP contribution < -0.4 is 10.2 Å². The first kappa shape index (κ1) is 13.0. The molecule has 0 saturated carbocycles. The fourth-order valence-electron chi connectivity index (χ4n) is 2.22. The van der Waals surface area contributed by atoms with Gasteiger partial charge in [-0.3, -0.25) is 4.79 Å². The molecule has 1 heterocycles. The highest BCUT2D eigenvalue weighted by Crippen LogP contribution is 2.30. The second-order valence-electron chi connectivity index (χ2n) is 4.51. The lowest BCUT2D eigenvalue weighted by molar-refractivity contribution is 0.399. The van der Waals surface area contributed by atoms with Gasteiger partial charge in [-0.25, -0.2) is 0 Å². The molecule has 3 aromatic rings. The summed E-state index contributed by atoms with van der Waals surface area (Å²) in [5.41, 5.74) is 1.85. The van der Waals surface area contributed by atoms with Crippen LogP contribution in [0.15, 0.2) is 57.7 Å². The van der Waals surface area contributed by atoms with Gasteiger partial charge < -0.3 is 9.15 Å². The van der Waals surface area contributed by atoms with E-state index in [9.17, 15) is 4.79 Å². The molecule has 3 nitrogen and oxygen atoms in total. The third-order valence-electron chi connectivity index (χ3n) is 3.27. The second-order valence-corrected chi connectivity index (χ2v) is 4.51. The molecule has 3 rings (SSSR count). The average Bonchev–Trinajstić information content (AvgIpc) is 2.55. The van der Waals surface area contributed by atoms with Crippen molar-refractivity contribution in [3.8, 4) is 29.4 Å². The van der Waals surface area contributed by atoms with Crippen LogP contribution in [0.3, 0.4) is 0 Å². The summed E-state index contributed by atoms with van der Waals surface area (Å²) in [4.78, 5) is 12.5. The smallest absolute Gasteiger partial charge is 0.235 e. The van der Waals surface area contributed by atoms with Gasteiger partial charge in [0, 0.05) is 11.1 Å². The molecule has 0 amide bonds. The maximum absolute atomic E-state index is 12.5. The maximum Gasteiger partial charge on any atom is 0.235 e. The highest BCUT2D eigenvalue weighted by molar-refractivity contribution is 5.81. The Morgan fingerprint density at radius 3 is 2.48 bits per heavy atom. The number of ether oxygens (including phenoxy) is 1. The van der Waals surface area contributed by atoms with Crippen LogP contribution in [0.1, 0.15) is 5.56 Å². The Hall–Kier alpha value is -2.99. The molecule has 0 aliphatic heterocycles. The van der Waals surface area contributed by atoms with E-state index >= 15 is 0 Å². The van der Waals surface area contributed by atoms with Crippen LogP contribution in [0.2, 0.25) is 0 Å². The molecular weight excluding hydrogens is 264 g/mol. The van der Waals surface area contributed by atoms with E-state index in [2.05, 4.69) is 5.92 Å². The Bertz CT molecular complexity index is 896. The fourth-order valence-corrected chi connectivity index (χ4v) is 2.22. The van der Waals surface area contributed by atoms with Crippen molar-refractivity contribution in [3.63, 3.8) is 0 Å². The molecule has 0 fully saturated rings. The molecule has 0 saturated heterocycles. The first-order valence-electron chi connectivity index (χ1n) is 6.41. The van der Waals surface area contributed by atoms with Crippen molar-refractivity contribution in [2.45, 2.75) is 0 Å². The third-order valence-corrected chi connectivity index (χ3v) is 3.27. The summed E-state index contributed by atoms with van der Waals surface area (Å²) >= 11 is 0. The van der Waals surface area contributed by atoms with Gasteiger partial charge in [-0.2, -0.15) is 0 Å². The predicted octanol–water partition coefficient (Wildman–Crippen LogP) is 3.45. The summed E-state index contributed by atoms with van der Waals surface area (Å²) in [7, 11) is 1.46. The van der Waals surface area contributed by atoms with Gasteiger partial charge in [-0.15, -0.1) is 6.42 Å². The van der Waals surface area contributed by atoms with Gasteiger partial charge in [0.25, 0.3) is 0 Å². The molecule has 0 spiro atoms. The van der Waals surface area contributed by atoms with Crippen LogP contribution >= 0.6 is 0 Å². The van der Waals surface area contributed by atoms with Crippen molar-refractivity contribution < 1.29 is 9.15 Å². The van der Waals surface area contributed by atoms with Gasteiger partial charge in [0.2, 0.25) is 11.2 Å². The highest BCUT2D eigenvalue weighted by Gasteiger charge is 2.16. The quantitative estimate of drug-likeness (QED) is 0.673. The fraction of sp³-hybridized carbons (Fsp3) is 0.0556. The number of hydrogen-bond acceptors (Lipinski definition) is 3. The van der Waals surface area contributed by atoms with Crippen LogP contribution in [0.4, 0.5) is 0 Å². The summed E-state index contributed by atoms with van der Waals surface area (Å²) in [6.45, 7) is 0. The van der Waals surface area contributed by atoms with E-state index < -0.39 is 0 Å². The molecule has 2 aromatic carbocycles. The van der Waals surface area contributed by atoms with Gasteiger partial charge in [0.1, 0.15) is 5.58 Å². The van der Waals surface area contributed by atoms with Gasteiger partial charge in [0.15, 0.2) is 5.76 Å². The van der Waals surface area contributed by atoms with Crippen molar-refractivity contribution in [2.24, 2.45) is 0 Å². The molecule has 21 heavy (non-hydrogen) atoms. The molecule has 0 unspecified atom stereocenters. The zero-order chi connectivity index (χ0) is 14.8. The number of methoxy groups -OCH3 is 1. The monoisotopic (exact) mass is 276 g/mol. The highest BCUT2D eigenvalue weighted by atomic mass is 16.5. The lowest BCUT2D eigenvalue weighted by Gasteiger charge is -2.08. The van der Waals surface area contributed by atoms with Crippen LogP contribution in [0.5, 0.6) is 5.75 Å². The predicted molar refractivity (Wildman–Crippen MR) is 82.4 cm³/mol. The molecule has 102 valence electrons. The van der Waals surface area contributed by atoms with E-state index in [1.165, 1.54) is 7.11 Å². The number of para-hydroxylation sites is 1. The minimum absolute atomic E-state index is 0.185. The van der Waals surface area contributed by atoms with Crippen LogP contribution in [-0.4, -0.2) is 7.11 Å². The zero-order valence-corrected chi connectivity index (χ0v) is 11.4. The normalized spacial score (nSPS) is 10.3. The first-order valence-corrected chi connectivity index (χ1v) is 6.41. The Kier molecular flexibility index (Phi) is 3.21. The third kappa shape index (κ3) is 2.17. The van der Waals surface area contributed by atoms with Crippen molar-refractivity contribution in [2.75, 3.05) is 7.11 Å². The SMILES string of the molecule is C#Cc1ccc(-c2oc3ccccc3c(=O)c2OC)cc1. The Morgan fingerprint density at radius 1 is 1.10 bits per heavy atom. The molecule has 0 N–H and O–H groups in total. The number of fused-ring (bicyclic) bond motifs is 1. The van der Waals surface area contributed by atoms with Crippen molar-refractivity contribution >= 4 is 11.0 Å². The minimum Gasteiger partial charge on any atom is -0.490 e. The number of terminal acetylenes is 1. The summed E-state index contributed by atoms with van der Waals surface area (Å²) < 4.78 is 11.1. The van der Waals surface area contributed by atoms with Crippen LogP contribution in [0.25, 0.3) is 22.3 Å². The Balaban J connectivity index is 2.30. The first-order chi connectivity index (χ1) is 10.2. The standard InChI is InChI=1S/C18H12O3/c1-3-12-8-10-13(11-9-12)17-18(20-2)16(19)14-6-4-5-7-15(14)21-17/h1,4-11H,2H3. The summed E-state index contributed by atoms with van der Waals surface area (Å²) in [5.74, 6) is 3.16. The van der Waals surface area contributed by atoms with E-state index in [1.807, 2.05) is 18.2 Å². The van der Waals surface area contributed by atoms with Gasteiger partial charge in [-0.05, 0) is 36.4 Å². The van der Waals surface area contributed by atoms with Crippen LogP contribution in [-0.2, 0) is 0 Å². The Morgan fingerprint density at radius 2 is 1.81 bits per heavy atom. The molecule has 0 aliphatic carbocycles. The number of benzene rings is 2. The van der Waals surface area contributed by atoms with E-state index in [0.29, 0.717) is 16.7 Å². The maximum atomic E-state index is 12.5. The molecule has 1 aromatic heterocycles. The van der Waals surface area contributed by atoms with E-state index in [1.54, 1.807) is 30.3 Å². The lowest BCUT2D eigenvalue weighted by Crippen LogP contribution is -2.07. The van der Waals surface area contributed by atoms with Crippen molar-refractivity contribution in [1.29, 1.82) is 0 Å². The molecule has 3 heteroatoms. The summed E-state index contributed by atoms with van der Waals surface area (Å²) in [6, 6.07) is 14.3. The number of hydrogen-bond donors (Lipinski definition) is 0. The van der Waals surface area contributed by atoms with E-state index in [0.717, 1.165) is 11.1 Å². The molecule has 0 aliphatic rings. The summed E-state index contributed by atoms with van der Waals surface area (Å²) in [6.07, 6.45) is 5.35. The molecule has 0 atom stereocenters. The molecule has 0 bridgehead atoms.